The number of piperidine rings is 1. The molecule has 29 heavy (non-hydrogen) atoms. The molecule has 0 aromatic heterocycles. The van der Waals surface area contributed by atoms with Crippen molar-refractivity contribution in [1.29, 1.82) is 0 Å². The van der Waals surface area contributed by atoms with Crippen LogP contribution in [-0.2, 0) is 4.74 Å². The molecule has 2 aliphatic heterocycles. The van der Waals surface area contributed by atoms with Gasteiger partial charge in [0.2, 0.25) is 0 Å². The molecule has 0 spiro atoms. The summed E-state index contributed by atoms with van der Waals surface area (Å²) >= 11 is 0. The first kappa shape index (κ1) is 21.8. The van der Waals surface area contributed by atoms with E-state index < -0.39 is 0 Å². The fourth-order valence-electron chi connectivity index (χ4n) is 4.06. The standard InChI is InChI=1S/C23H36N4O2/c1-19-16-20(28-15-7-13-27-11-4-2-5-12-27)9-10-22(19)23(26-24)18-25-17-21-8-3-6-14-29-21/h9-10,16,18,21H,2-8,11-15,17,24H2,1H3/b25-18?,26-23+. The van der Waals surface area contributed by atoms with E-state index in [1.807, 2.05) is 12.1 Å². The van der Waals surface area contributed by atoms with Gasteiger partial charge in [0.05, 0.1) is 19.3 Å². The third kappa shape index (κ3) is 7.12. The summed E-state index contributed by atoms with van der Waals surface area (Å²) in [6, 6.07) is 6.07. The summed E-state index contributed by atoms with van der Waals surface area (Å²) < 4.78 is 11.7. The molecule has 0 bridgehead atoms. The molecule has 2 aliphatic rings. The third-order valence-corrected chi connectivity index (χ3v) is 5.75. The molecule has 2 saturated heterocycles. The second kappa shape index (κ2) is 11.9. The Morgan fingerprint density at radius 2 is 2.10 bits per heavy atom. The predicted octanol–water partition coefficient (Wildman–Crippen LogP) is 3.55. The maximum absolute atomic E-state index is 5.96. The smallest absolute Gasteiger partial charge is 0.119 e. The highest BCUT2D eigenvalue weighted by atomic mass is 16.5. The molecule has 0 amide bonds. The Kier molecular flexibility index (Phi) is 8.96. The van der Waals surface area contributed by atoms with E-state index in [2.05, 4.69) is 28.0 Å². The molecule has 0 saturated carbocycles. The van der Waals surface area contributed by atoms with Crippen LogP contribution < -0.4 is 10.6 Å². The molecule has 2 fully saturated rings. The number of aliphatic imine (C=N–C) groups is 1. The van der Waals surface area contributed by atoms with Crippen LogP contribution in [0.5, 0.6) is 5.75 Å². The minimum atomic E-state index is 0.223. The molecule has 0 radical (unpaired) electrons. The van der Waals surface area contributed by atoms with Crippen molar-refractivity contribution in [2.75, 3.05) is 39.4 Å². The highest BCUT2D eigenvalue weighted by molar-refractivity contribution is 6.38. The van der Waals surface area contributed by atoms with Crippen LogP contribution in [0.25, 0.3) is 0 Å². The third-order valence-electron chi connectivity index (χ3n) is 5.75. The number of aryl methyl sites for hydroxylation is 1. The molecule has 1 aromatic rings. The Balaban J connectivity index is 1.46. The summed E-state index contributed by atoms with van der Waals surface area (Å²) in [4.78, 5) is 7.06. The van der Waals surface area contributed by atoms with E-state index in [0.29, 0.717) is 12.3 Å². The van der Waals surface area contributed by atoms with Crippen LogP contribution in [0.1, 0.15) is 56.1 Å². The summed E-state index contributed by atoms with van der Waals surface area (Å²) in [5, 5.41) is 3.94. The van der Waals surface area contributed by atoms with Gasteiger partial charge in [0.25, 0.3) is 0 Å². The van der Waals surface area contributed by atoms with Crippen molar-refractivity contribution in [3.63, 3.8) is 0 Å². The monoisotopic (exact) mass is 400 g/mol. The SMILES string of the molecule is Cc1cc(OCCCN2CCCCC2)ccc1/C(C=NCC1CCCCO1)=N/N. The van der Waals surface area contributed by atoms with Crippen molar-refractivity contribution < 1.29 is 9.47 Å². The van der Waals surface area contributed by atoms with E-state index in [0.717, 1.165) is 55.9 Å². The molecule has 2 N–H and O–H groups in total. The Labute approximate surface area is 175 Å². The minimum absolute atomic E-state index is 0.223. The average Bonchev–Trinajstić information content (AvgIpc) is 2.76. The van der Waals surface area contributed by atoms with Gasteiger partial charge >= 0.3 is 0 Å². The van der Waals surface area contributed by atoms with Gasteiger partial charge < -0.3 is 20.2 Å². The van der Waals surface area contributed by atoms with E-state index in [1.165, 1.54) is 38.8 Å². The zero-order chi connectivity index (χ0) is 20.3. The van der Waals surface area contributed by atoms with Crippen molar-refractivity contribution in [3.05, 3.63) is 29.3 Å². The highest BCUT2D eigenvalue weighted by Gasteiger charge is 2.13. The number of hydrogen-bond acceptors (Lipinski definition) is 6. The fourth-order valence-corrected chi connectivity index (χ4v) is 4.06. The molecular formula is C23H36N4O2. The number of ether oxygens (including phenoxy) is 2. The molecule has 160 valence electrons. The van der Waals surface area contributed by atoms with Gasteiger partial charge in [-0.3, -0.25) is 4.99 Å². The van der Waals surface area contributed by atoms with Crippen LogP contribution in [0.15, 0.2) is 28.3 Å². The van der Waals surface area contributed by atoms with E-state index in [9.17, 15) is 0 Å². The summed E-state index contributed by atoms with van der Waals surface area (Å²) in [6.07, 6.45) is 10.6. The van der Waals surface area contributed by atoms with Gasteiger partial charge in [-0.05, 0) is 82.3 Å². The quantitative estimate of drug-likeness (QED) is 0.298. The topological polar surface area (TPSA) is 72.4 Å². The number of hydrogen-bond donors (Lipinski definition) is 1. The fraction of sp³-hybridized carbons (Fsp3) is 0.652. The lowest BCUT2D eigenvalue weighted by Gasteiger charge is -2.26. The van der Waals surface area contributed by atoms with Crippen LogP contribution in [-0.4, -0.2) is 62.3 Å². The second-order valence-corrected chi connectivity index (χ2v) is 8.08. The first-order valence-electron chi connectivity index (χ1n) is 11.1. The molecular weight excluding hydrogens is 364 g/mol. The van der Waals surface area contributed by atoms with Gasteiger partial charge in [-0.2, -0.15) is 5.10 Å². The van der Waals surface area contributed by atoms with Crippen molar-refractivity contribution in [2.24, 2.45) is 15.9 Å². The maximum atomic E-state index is 5.96. The Bertz CT molecular complexity index is 677. The lowest BCUT2D eigenvalue weighted by molar-refractivity contribution is 0.0226. The normalized spacial score (nSPS) is 21.6. The van der Waals surface area contributed by atoms with Crippen LogP contribution in [0, 0.1) is 6.92 Å². The van der Waals surface area contributed by atoms with Gasteiger partial charge in [0.1, 0.15) is 11.5 Å². The van der Waals surface area contributed by atoms with Crippen LogP contribution in [0.4, 0.5) is 0 Å². The van der Waals surface area contributed by atoms with E-state index >= 15 is 0 Å². The molecule has 1 unspecified atom stereocenters. The Morgan fingerprint density at radius 3 is 2.83 bits per heavy atom. The van der Waals surface area contributed by atoms with Gasteiger partial charge in [0, 0.05) is 24.9 Å². The van der Waals surface area contributed by atoms with Gasteiger partial charge in [0.15, 0.2) is 0 Å². The summed E-state index contributed by atoms with van der Waals surface area (Å²) in [5.41, 5.74) is 2.76. The second-order valence-electron chi connectivity index (χ2n) is 8.08. The minimum Gasteiger partial charge on any atom is -0.494 e. The van der Waals surface area contributed by atoms with Gasteiger partial charge in [-0.25, -0.2) is 0 Å². The van der Waals surface area contributed by atoms with Crippen molar-refractivity contribution in [2.45, 2.75) is 58.0 Å². The predicted molar refractivity (Wildman–Crippen MR) is 119 cm³/mol. The Morgan fingerprint density at radius 1 is 1.24 bits per heavy atom. The zero-order valence-corrected chi connectivity index (χ0v) is 17.8. The van der Waals surface area contributed by atoms with Crippen molar-refractivity contribution in [1.82, 2.24) is 4.90 Å². The van der Waals surface area contributed by atoms with Gasteiger partial charge in [-0.15, -0.1) is 0 Å². The zero-order valence-electron chi connectivity index (χ0n) is 17.8. The van der Waals surface area contributed by atoms with E-state index in [4.69, 9.17) is 15.3 Å². The first-order chi connectivity index (χ1) is 14.3. The number of benzene rings is 1. The molecule has 6 nitrogen and oxygen atoms in total. The van der Waals surface area contributed by atoms with E-state index in [1.54, 1.807) is 6.21 Å². The summed E-state index contributed by atoms with van der Waals surface area (Å²) in [6.45, 7) is 7.91. The number of rotatable bonds is 9. The number of nitrogens with zero attached hydrogens (tertiary/aromatic N) is 3. The van der Waals surface area contributed by atoms with Crippen molar-refractivity contribution in [3.8, 4) is 5.75 Å². The van der Waals surface area contributed by atoms with Crippen LogP contribution >= 0.6 is 0 Å². The van der Waals surface area contributed by atoms with Crippen LogP contribution in [0.3, 0.4) is 0 Å². The molecule has 2 heterocycles. The number of nitrogens with two attached hydrogens (primary N) is 1. The maximum Gasteiger partial charge on any atom is 0.119 e. The van der Waals surface area contributed by atoms with Crippen molar-refractivity contribution >= 4 is 11.9 Å². The average molecular weight is 401 g/mol. The summed E-state index contributed by atoms with van der Waals surface area (Å²) in [5.74, 6) is 6.53. The van der Waals surface area contributed by atoms with Gasteiger partial charge in [-0.1, -0.05) is 6.42 Å². The first-order valence-corrected chi connectivity index (χ1v) is 11.1. The Hall–Kier alpha value is -1.92. The lowest BCUT2D eigenvalue weighted by Crippen LogP contribution is -2.31. The van der Waals surface area contributed by atoms with Crippen LogP contribution in [0.2, 0.25) is 0 Å². The lowest BCUT2D eigenvalue weighted by atomic mass is 10.0. The molecule has 1 aromatic carbocycles. The molecule has 0 aliphatic carbocycles. The molecule has 1 atom stereocenters. The molecule has 6 heteroatoms. The number of hydrazone groups is 1. The molecule has 3 rings (SSSR count). The number of likely N-dealkylation sites (tertiary alicyclic amines) is 1. The largest absolute Gasteiger partial charge is 0.494 e. The highest BCUT2D eigenvalue weighted by Crippen LogP contribution is 2.19. The van der Waals surface area contributed by atoms with E-state index in [-0.39, 0.29) is 6.10 Å². The summed E-state index contributed by atoms with van der Waals surface area (Å²) in [7, 11) is 0.